The first-order valence-corrected chi connectivity index (χ1v) is 4.40. The molecule has 2 N–H and O–H groups in total. The van der Waals surface area contributed by atoms with Gasteiger partial charge in [-0.2, -0.15) is 0 Å². The summed E-state index contributed by atoms with van der Waals surface area (Å²) < 4.78 is 2.62. The summed E-state index contributed by atoms with van der Waals surface area (Å²) in [6.45, 7) is 2.19. The van der Waals surface area contributed by atoms with Crippen molar-refractivity contribution in [1.29, 1.82) is 0 Å². The van der Waals surface area contributed by atoms with Gasteiger partial charge in [-0.05, 0) is 14.1 Å². The van der Waals surface area contributed by atoms with Crippen LogP contribution in [0.1, 0.15) is 6.42 Å². The molecule has 0 atom stereocenters. The Morgan fingerprint density at radius 2 is 2.08 bits per heavy atom. The summed E-state index contributed by atoms with van der Waals surface area (Å²) in [4.78, 5) is 13.0. The number of carbonyl (C=O) groups is 1. The molecule has 0 unspecified atom stereocenters. The third-order valence-electron chi connectivity index (χ3n) is 1.35. The van der Waals surface area contributed by atoms with Crippen LogP contribution in [0.3, 0.4) is 0 Å². The summed E-state index contributed by atoms with van der Waals surface area (Å²) in [5.41, 5.74) is 0. The number of likely N-dealkylation sites (N-methyl/N-ethyl adjacent to an activating group) is 1. The van der Waals surface area contributed by atoms with E-state index in [1.165, 1.54) is 0 Å². The number of nitrogens with zero attached hydrogens (tertiary/aromatic N) is 1. The topological polar surface area (TPSA) is 44.4 Å². The highest BCUT2D eigenvalue weighted by Gasteiger charge is 1.98. The largest absolute Gasteiger partial charge is 0.355 e. The molecule has 12 heavy (non-hydrogen) atoms. The molecule has 0 aliphatic carbocycles. The average Bonchev–Trinajstić information content (AvgIpc) is 2.00. The van der Waals surface area contributed by atoms with Gasteiger partial charge in [-0.25, -0.2) is 0 Å². The van der Waals surface area contributed by atoms with Crippen molar-refractivity contribution in [2.75, 3.05) is 33.7 Å². The Labute approximate surface area is 79.2 Å². The molecule has 72 valence electrons. The van der Waals surface area contributed by atoms with E-state index in [9.17, 15) is 4.79 Å². The Morgan fingerprint density at radius 1 is 1.42 bits per heavy atom. The van der Waals surface area contributed by atoms with Gasteiger partial charge >= 0.3 is 0 Å². The van der Waals surface area contributed by atoms with Gasteiger partial charge < -0.3 is 10.2 Å². The molecule has 0 aromatic heterocycles. The Bertz CT molecular complexity index is 130. The fourth-order valence-electron chi connectivity index (χ4n) is 0.677. The molecule has 0 saturated heterocycles. The molecule has 0 heterocycles. The summed E-state index contributed by atoms with van der Waals surface area (Å²) >= 11 is 3.78. The van der Waals surface area contributed by atoms with Crippen molar-refractivity contribution in [2.24, 2.45) is 0 Å². The summed E-state index contributed by atoms with van der Waals surface area (Å²) in [6.07, 6.45) is 0.483. The summed E-state index contributed by atoms with van der Waals surface area (Å²) in [5.74, 6) is 0.0680. The van der Waals surface area contributed by atoms with Gasteiger partial charge in [-0.1, -0.05) is 12.8 Å². The van der Waals surface area contributed by atoms with Crippen molar-refractivity contribution in [1.82, 2.24) is 14.9 Å². The van der Waals surface area contributed by atoms with Gasteiger partial charge in [0.05, 0.1) is 0 Å². The maximum Gasteiger partial charge on any atom is 0.221 e. The predicted molar refractivity (Wildman–Crippen MR) is 53.2 cm³/mol. The van der Waals surface area contributed by atoms with Crippen LogP contribution < -0.4 is 10.0 Å². The minimum absolute atomic E-state index is 0.0680. The first-order valence-electron chi connectivity index (χ1n) is 3.95. The Morgan fingerprint density at radius 3 is 2.58 bits per heavy atom. The highest BCUT2D eigenvalue weighted by Crippen LogP contribution is 1.78. The van der Waals surface area contributed by atoms with E-state index in [1.807, 2.05) is 19.0 Å². The molecule has 0 radical (unpaired) electrons. The molecule has 0 bridgehead atoms. The van der Waals surface area contributed by atoms with Crippen LogP contribution in [-0.2, 0) is 4.79 Å². The molecule has 0 aromatic rings. The zero-order valence-electron chi connectivity index (χ0n) is 7.63. The monoisotopic (exact) mass is 191 g/mol. The third kappa shape index (κ3) is 7.84. The van der Waals surface area contributed by atoms with Crippen molar-refractivity contribution in [3.8, 4) is 0 Å². The maximum atomic E-state index is 11.0. The molecular formula is C7H17N3OS. The summed E-state index contributed by atoms with van der Waals surface area (Å²) in [7, 11) is 3.95. The lowest BCUT2D eigenvalue weighted by Gasteiger charge is -2.09. The van der Waals surface area contributed by atoms with E-state index in [1.54, 1.807) is 0 Å². The average molecular weight is 191 g/mol. The maximum absolute atomic E-state index is 11.0. The number of hydrogen-bond donors (Lipinski definition) is 3. The van der Waals surface area contributed by atoms with Gasteiger partial charge in [0.15, 0.2) is 0 Å². The van der Waals surface area contributed by atoms with Crippen LogP contribution in [0.25, 0.3) is 0 Å². The Hall–Kier alpha value is -0.260. The van der Waals surface area contributed by atoms with E-state index in [0.29, 0.717) is 19.5 Å². The first-order chi connectivity index (χ1) is 5.66. The number of amides is 1. The minimum atomic E-state index is 0.0680. The molecule has 1 amide bonds. The van der Waals surface area contributed by atoms with Crippen LogP contribution in [0.4, 0.5) is 0 Å². The van der Waals surface area contributed by atoms with Crippen LogP contribution in [0.15, 0.2) is 0 Å². The van der Waals surface area contributed by atoms with E-state index in [-0.39, 0.29) is 5.91 Å². The lowest BCUT2D eigenvalue weighted by atomic mass is 10.4. The zero-order chi connectivity index (χ0) is 9.40. The molecule has 0 aliphatic heterocycles. The van der Waals surface area contributed by atoms with E-state index < -0.39 is 0 Å². The number of nitrogens with one attached hydrogen (secondary N) is 2. The Balaban J connectivity index is 3.20. The molecule has 0 fully saturated rings. The number of thiol groups is 1. The van der Waals surface area contributed by atoms with Crippen LogP contribution in [0.2, 0.25) is 0 Å². The zero-order valence-corrected chi connectivity index (χ0v) is 8.53. The number of carbonyl (C=O) groups excluding carboxylic acids is 1. The summed E-state index contributed by atoms with van der Waals surface area (Å²) in [6, 6.07) is 0. The van der Waals surface area contributed by atoms with Crippen molar-refractivity contribution >= 4 is 18.7 Å². The fraction of sp³-hybridized carbons (Fsp3) is 0.857. The highest BCUT2D eigenvalue weighted by atomic mass is 32.1. The second-order valence-corrected chi connectivity index (χ2v) is 3.13. The normalized spacial score (nSPS) is 10.3. The molecule has 4 nitrogen and oxygen atoms in total. The quantitative estimate of drug-likeness (QED) is 0.495. The van der Waals surface area contributed by atoms with Gasteiger partial charge in [-0.3, -0.25) is 9.52 Å². The number of hydrogen-bond acceptors (Lipinski definition) is 4. The first kappa shape index (κ1) is 11.7. The molecule has 0 saturated carbocycles. The van der Waals surface area contributed by atoms with Crippen molar-refractivity contribution < 1.29 is 4.79 Å². The van der Waals surface area contributed by atoms with Crippen LogP contribution >= 0.6 is 12.8 Å². The molecule has 0 aliphatic rings. The number of rotatable bonds is 6. The smallest absolute Gasteiger partial charge is 0.221 e. The lowest BCUT2D eigenvalue weighted by molar-refractivity contribution is -0.120. The van der Waals surface area contributed by atoms with Gasteiger partial charge in [0.2, 0.25) is 5.91 Å². The second kappa shape index (κ2) is 7.39. The molecular weight excluding hydrogens is 174 g/mol. The standard InChI is InChI=1S/C7H17N3OS/c1-10(2)6-5-8-7(11)3-4-9-12/h9,12H,3-6H2,1-2H3,(H,8,11). The van der Waals surface area contributed by atoms with E-state index in [2.05, 4.69) is 22.9 Å². The second-order valence-electron chi connectivity index (χ2n) is 2.81. The van der Waals surface area contributed by atoms with E-state index in [4.69, 9.17) is 0 Å². The van der Waals surface area contributed by atoms with E-state index >= 15 is 0 Å². The summed E-state index contributed by atoms with van der Waals surface area (Å²) in [5, 5.41) is 2.79. The van der Waals surface area contributed by atoms with Gasteiger partial charge in [0, 0.05) is 26.1 Å². The van der Waals surface area contributed by atoms with Crippen molar-refractivity contribution in [2.45, 2.75) is 6.42 Å². The van der Waals surface area contributed by atoms with Crippen LogP contribution in [0.5, 0.6) is 0 Å². The third-order valence-corrected chi connectivity index (χ3v) is 1.57. The molecule has 5 heteroatoms. The highest BCUT2D eigenvalue weighted by molar-refractivity contribution is 7.78. The minimum Gasteiger partial charge on any atom is -0.355 e. The fourth-order valence-corrected chi connectivity index (χ4v) is 0.789. The molecule has 0 spiro atoms. The van der Waals surface area contributed by atoms with E-state index in [0.717, 1.165) is 6.54 Å². The predicted octanol–water partition coefficient (Wildman–Crippen LogP) is -0.511. The van der Waals surface area contributed by atoms with Crippen LogP contribution in [-0.4, -0.2) is 44.5 Å². The Kier molecular flexibility index (Phi) is 7.23. The van der Waals surface area contributed by atoms with Gasteiger partial charge in [-0.15, -0.1) is 0 Å². The van der Waals surface area contributed by atoms with Crippen molar-refractivity contribution in [3.05, 3.63) is 0 Å². The van der Waals surface area contributed by atoms with Gasteiger partial charge in [0.1, 0.15) is 0 Å². The SMILES string of the molecule is CN(C)CCNC(=O)CCNS. The van der Waals surface area contributed by atoms with Crippen LogP contribution in [0, 0.1) is 0 Å². The molecule has 0 aromatic carbocycles. The van der Waals surface area contributed by atoms with Crippen molar-refractivity contribution in [3.63, 3.8) is 0 Å². The van der Waals surface area contributed by atoms with Gasteiger partial charge in [0.25, 0.3) is 0 Å². The lowest BCUT2D eigenvalue weighted by Crippen LogP contribution is -2.32. The molecule has 0 rings (SSSR count).